The van der Waals surface area contributed by atoms with Crippen LogP contribution in [0.1, 0.15) is 20.0 Å². The predicted octanol–water partition coefficient (Wildman–Crippen LogP) is 4.07. The lowest BCUT2D eigenvalue weighted by Gasteiger charge is -2.15. The fourth-order valence-corrected chi connectivity index (χ4v) is 3.83. The number of rotatable bonds is 5. The molecule has 0 radical (unpaired) electrons. The lowest BCUT2D eigenvalue weighted by Crippen LogP contribution is -2.23. The van der Waals surface area contributed by atoms with Crippen LogP contribution in [0.4, 0.5) is 17.1 Å². The molecule has 152 valence electrons. The van der Waals surface area contributed by atoms with E-state index in [1.807, 2.05) is 0 Å². The number of ether oxygens (including phenoxy) is 1. The molecule has 1 aliphatic rings. The summed E-state index contributed by atoms with van der Waals surface area (Å²) < 4.78 is 5.65. The minimum absolute atomic E-state index is 0.107. The Morgan fingerprint density at radius 2 is 1.90 bits per heavy atom. The second-order valence-electron chi connectivity index (χ2n) is 6.29. The number of hydrogen-bond acceptors (Lipinski definition) is 6. The van der Waals surface area contributed by atoms with E-state index in [4.69, 9.17) is 21.7 Å². The van der Waals surface area contributed by atoms with E-state index in [-0.39, 0.29) is 23.4 Å². The molecule has 0 aliphatic carbocycles. The Morgan fingerprint density at radius 1 is 1.10 bits per heavy atom. The average molecular weight is 442 g/mol. The molecule has 10 heteroatoms. The van der Waals surface area contributed by atoms with Gasteiger partial charge in [-0.2, -0.15) is 0 Å². The zero-order chi connectivity index (χ0) is 21.1. The molecule has 3 N–H and O–H groups in total. The molecule has 0 bridgehead atoms. The fraction of sp³-hybridized carbons (Fsp3) is 0.100. The fourth-order valence-electron chi connectivity index (χ4n) is 2.89. The standard InChI is InChI=1S/C20H16ClN5O3S/c21-17-6-5-16(30-17)19(28)25-15-11-23-8-7-14(15)18(27)24-12-1-3-13(4-2-12)26-9-10-29-20(26)22/h1-8,11,22H,9-10H2,(H,24,27)(H,25,28). The SMILES string of the molecule is N=C1OCCN1c1ccc(NC(=O)c2ccncc2NC(=O)c2ccc(Cl)s2)cc1. The molecular formula is C20H16ClN5O3S. The second kappa shape index (κ2) is 8.52. The van der Waals surface area contributed by atoms with Crippen LogP contribution >= 0.6 is 22.9 Å². The van der Waals surface area contributed by atoms with Gasteiger partial charge in [0.25, 0.3) is 17.8 Å². The van der Waals surface area contributed by atoms with E-state index in [0.717, 1.165) is 17.0 Å². The number of nitrogens with one attached hydrogen (secondary N) is 3. The van der Waals surface area contributed by atoms with Crippen LogP contribution in [0.2, 0.25) is 4.34 Å². The van der Waals surface area contributed by atoms with Crippen molar-refractivity contribution in [3.8, 4) is 0 Å². The molecule has 0 unspecified atom stereocenters. The Bertz CT molecular complexity index is 1120. The largest absolute Gasteiger partial charge is 0.463 e. The van der Waals surface area contributed by atoms with Gasteiger partial charge in [0, 0.05) is 17.6 Å². The number of halogens is 1. The molecule has 4 rings (SSSR count). The number of anilines is 3. The molecular weight excluding hydrogens is 426 g/mol. The van der Waals surface area contributed by atoms with Crippen molar-refractivity contribution >= 4 is 57.8 Å². The topological polar surface area (TPSA) is 107 Å². The Balaban J connectivity index is 1.47. The summed E-state index contributed by atoms with van der Waals surface area (Å²) in [6.45, 7) is 1.09. The van der Waals surface area contributed by atoms with Crippen molar-refractivity contribution in [1.82, 2.24) is 4.98 Å². The number of pyridine rings is 1. The number of amides is 2. The third-order valence-corrected chi connectivity index (χ3v) is 5.58. The normalized spacial score (nSPS) is 13.1. The maximum atomic E-state index is 12.8. The van der Waals surface area contributed by atoms with Crippen molar-refractivity contribution in [2.45, 2.75) is 0 Å². The predicted molar refractivity (Wildman–Crippen MR) is 117 cm³/mol. The highest BCUT2D eigenvalue weighted by Gasteiger charge is 2.20. The maximum Gasteiger partial charge on any atom is 0.289 e. The summed E-state index contributed by atoms with van der Waals surface area (Å²) in [4.78, 5) is 31.3. The Hall–Kier alpha value is -3.43. The van der Waals surface area contributed by atoms with Crippen LogP contribution in [0.15, 0.2) is 54.9 Å². The smallest absolute Gasteiger partial charge is 0.289 e. The molecule has 3 heterocycles. The summed E-state index contributed by atoms with van der Waals surface area (Å²) in [6.07, 6.45) is 2.90. The van der Waals surface area contributed by atoms with Crippen molar-refractivity contribution in [3.05, 3.63) is 69.6 Å². The van der Waals surface area contributed by atoms with Gasteiger partial charge in [-0.3, -0.25) is 24.9 Å². The van der Waals surface area contributed by atoms with Gasteiger partial charge >= 0.3 is 0 Å². The second-order valence-corrected chi connectivity index (χ2v) is 8.00. The van der Waals surface area contributed by atoms with Crippen LogP contribution in [-0.2, 0) is 4.74 Å². The van der Waals surface area contributed by atoms with Crippen LogP contribution in [0, 0.1) is 5.41 Å². The Labute approximate surface area is 181 Å². The van der Waals surface area contributed by atoms with Gasteiger partial charge in [0.15, 0.2) is 0 Å². The van der Waals surface area contributed by atoms with Crippen molar-refractivity contribution < 1.29 is 14.3 Å². The van der Waals surface area contributed by atoms with Gasteiger partial charge < -0.3 is 15.4 Å². The molecule has 0 atom stereocenters. The summed E-state index contributed by atoms with van der Waals surface area (Å²) in [5.41, 5.74) is 1.96. The molecule has 0 saturated carbocycles. The molecule has 1 aliphatic heterocycles. The van der Waals surface area contributed by atoms with Gasteiger partial charge in [-0.25, -0.2) is 0 Å². The summed E-state index contributed by atoms with van der Waals surface area (Å²) in [7, 11) is 0. The summed E-state index contributed by atoms with van der Waals surface area (Å²) in [5, 5.41) is 13.3. The minimum Gasteiger partial charge on any atom is -0.463 e. The van der Waals surface area contributed by atoms with E-state index in [2.05, 4.69) is 15.6 Å². The third kappa shape index (κ3) is 4.27. The quantitative estimate of drug-likeness (QED) is 0.553. The summed E-state index contributed by atoms with van der Waals surface area (Å²) in [5.74, 6) is -0.754. The van der Waals surface area contributed by atoms with Crippen molar-refractivity contribution in [3.63, 3.8) is 0 Å². The molecule has 3 aromatic rings. The van der Waals surface area contributed by atoms with Crippen molar-refractivity contribution in [1.29, 1.82) is 5.41 Å². The number of nitrogens with zero attached hydrogens (tertiary/aromatic N) is 2. The zero-order valence-corrected chi connectivity index (χ0v) is 17.1. The van der Waals surface area contributed by atoms with Crippen molar-refractivity contribution in [2.75, 3.05) is 28.7 Å². The first-order valence-corrected chi connectivity index (χ1v) is 10.1. The van der Waals surface area contributed by atoms with Crippen LogP contribution in [0.5, 0.6) is 0 Å². The van der Waals surface area contributed by atoms with Gasteiger partial charge in [0.2, 0.25) is 0 Å². The van der Waals surface area contributed by atoms with E-state index in [9.17, 15) is 9.59 Å². The van der Waals surface area contributed by atoms with Crippen LogP contribution < -0.4 is 15.5 Å². The van der Waals surface area contributed by atoms with Gasteiger partial charge in [0.05, 0.1) is 33.2 Å². The third-order valence-electron chi connectivity index (χ3n) is 4.35. The molecule has 1 fully saturated rings. The highest BCUT2D eigenvalue weighted by atomic mass is 35.5. The molecule has 30 heavy (non-hydrogen) atoms. The number of thiophene rings is 1. The van der Waals surface area contributed by atoms with Gasteiger partial charge in [-0.1, -0.05) is 11.6 Å². The number of carbonyl (C=O) groups excluding carboxylic acids is 2. The number of amidine groups is 1. The van der Waals surface area contributed by atoms with Crippen LogP contribution in [0.3, 0.4) is 0 Å². The first-order valence-electron chi connectivity index (χ1n) is 8.92. The summed E-state index contributed by atoms with van der Waals surface area (Å²) in [6, 6.07) is 12.0. The first-order chi connectivity index (χ1) is 14.5. The first kappa shape index (κ1) is 19.9. The molecule has 1 saturated heterocycles. The maximum absolute atomic E-state index is 12.8. The van der Waals surface area contributed by atoms with E-state index >= 15 is 0 Å². The molecule has 8 nitrogen and oxygen atoms in total. The van der Waals surface area contributed by atoms with Crippen LogP contribution in [-0.4, -0.2) is 36.0 Å². The zero-order valence-electron chi connectivity index (χ0n) is 15.5. The van der Waals surface area contributed by atoms with Crippen LogP contribution in [0.25, 0.3) is 0 Å². The van der Waals surface area contributed by atoms with E-state index in [1.165, 1.54) is 18.5 Å². The van der Waals surface area contributed by atoms with E-state index in [1.54, 1.807) is 41.3 Å². The van der Waals surface area contributed by atoms with Gasteiger partial charge in [-0.05, 0) is 42.5 Å². The Morgan fingerprint density at radius 3 is 2.57 bits per heavy atom. The van der Waals surface area contributed by atoms with Crippen molar-refractivity contribution in [2.24, 2.45) is 0 Å². The average Bonchev–Trinajstić information content (AvgIpc) is 3.37. The number of benzene rings is 1. The monoisotopic (exact) mass is 441 g/mol. The van der Waals surface area contributed by atoms with E-state index < -0.39 is 0 Å². The van der Waals surface area contributed by atoms with E-state index in [0.29, 0.717) is 33.7 Å². The molecule has 1 aromatic carbocycles. The molecule has 0 spiro atoms. The van der Waals surface area contributed by atoms with Gasteiger partial charge in [0.1, 0.15) is 6.61 Å². The number of hydrogen-bond donors (Lipinski definition) is 3. The highest BCUT2D eigenvalue weighted by molar-refractivity contribution is 7.18. The number of carbonyl (C=O) groups is 2. The Kier molecular flexibility index (Phi) is 5.64. The van der Waals surface area contributed by atoms with Gasteiger partial charge in [-0.15, -0.1) is 11.3 Å². The minimum atomic E-state index is -0.387. The number of aromatic nitrogens is 1. The lowest BCUT2D eigenvalue weighted by molar-refractivity contribution is 0.102. The summed E-state index contributed by atoms with van der Waals surface area (Å²) >= 11 is 7.03. The lowest BCUT2D eigenvalue weighted by atomic mass is 10.2. The highest BCUT2D eigenvalue weighted by Crippen LogP contribution is 2.24. The molecule has 2 aromatic heterocycles. The molecule has 2 amide bonds.